The Bertz CT molecular complexity index is 1110. The van der Waals surface area contributed by atoms with Crippen LogP contribution in [0.3, 0.4) is 0 Å². The molecule has 0 unspecified atom stereocenters. The van der Waals surface area contributed by atoms with Crippen LogP contribution in [-0.4, -0.2) is 67.6 Å². The summed E-state index contributed by atoms with van der Waals surface area (Å²) in [4.78, 5) is 16.8. The molecule has 1 fully saturated rings. The smallest absolute Gasteiger partial charge is 0.262 e. The molecule has 5 rings (SSSR count). The van der Waals surface area contributed by atoms with Crippen molar-refractivity contribution in [1.29, 1.82) is 0 Å². The Labute approximate surface area is 191 Å². The van der Waals surface area contributed by atoms with Crippen LogP contribution in [0, 0.1) is 0 Å². The van der Waals surface area contributed by atoms with Crippen molar-refractivity contribution in [1.82, 2.24) is 15.1 Å². The third-order valence-corrected chi connectivity index (χ3v) is 5.66. The van der Waals surface area contributed by atoms with Crippen LogP contribution in [-0.2, 0) is 4.79 Å². The van der Waals surface area contributed by atoms with E-state index in [1.807, 2.05) is 36.4 Å². The number of amides is 1. The maximum absolute atomic E-state index is 12.3. The topological polar surface area (TPSA) is 89.1 Å². The van der Waals surface area contributed by atoms with Crippen LogP contribution in [0.2, 0.25) is 0 Å². The number of rotatable bonds is 6. The van der Waals surface area contributed by atoms with E-state index in [9.17, 15) is 4.79 Å². The number of anilines is 2. The normalized spacial score (nSPS) is 15.4. The lowest BCUT2D eigenvalue weighted by atomic mass is 10.1. The van der Waals surface area contributed by atoms with Crippen molar-refractivity contribution >= 4 is 17.4 Å². The van der Waals surface area contributed by atoms with Gasteiger partial charge in [0.05, 0.1) is 5.69 Å². The van der Waals surface area contributed by atoms with Crippen molar-refractivity contribution in [3.63, 3.8) is 0 Å². The Morgan fingerprint density at radius 3 is 2.52 bits per heavy atom. The molecule has 2 aliphatic heterocycles. The summed E-state index contributed by atoms with van der Waals surface area (Å²) >= 11 is 0. The van der Waals surface area contributed by atoms with Gasteiger partial charge in [0.2, 0.25) is 6.79 Å². The van der Waals surface area contributed by atoms with E-state index in [-0.39, 0.29) is 19.3 Å². The molecule has 3 aromatic rings. The lowest BCUT2D eigenvalue weighted by molar-refractivity contribution is -0.118. The van der Waals surface area contributed by atoms with Crippen LogP contribution in [0.1, 0.15) is 0 Å². The monoisotopic (exact) mass is 447 g/mol. The SMILES string of the molecule is CN1CCN(c2ccc(-c3ccc(NC(=O)COc4ccc5c(c4)OCO5)cc3)nn2)CC1. The average Bonchev–Trinajstić information content (AvgIpc) is 3.32. The van der Waals surface area contributed by atoms with Gasteiger partial charge < -0.3 is 29.3 Å². The Hall–Kier alpha value is -3.85. The Balaban J connectivity index is 1.14. The first-order valence-electron chi connectivity index (χ1n) is 10.8. The minimum atomic E-state index is -0.253. The van der Waals surface area contributed by atoms with Crippen molar-refractivity contribution in [3.8, 4) is 28.5 Å². The van der Waals surface area contributed by atoms with Crippen molar-refractivity contribution in [2.75, 3.05) is 56.8 Å². The van der Waals surface area contributed by atoms with Gasteiger partial charge in [-0.2, -0.15) is 0 Å². The fraction of sp³-hybridized carbons (Fsp3) is 0.292. The summed E-state index contributed by atoms with van der Waals surface area (Å²) in [6, 6.07) is 16.7. The molecule has 1 amide bonds. The molecule has 0 bridgehead atoms. The summed E-state index contributed by atoms with van der Waals surface area (Å²) in [6.07, 6.45) is 0. The molecule has 9 nitrogen and oxygen atoms in total. The predicted octanol–water partition coefficient (Wildman–Crippen LogP) is 2.64. The summed E-state index contributed by atoms with van der Waals surface area (Å²) in [5.41, 5.74) is 2.40. The number of aromatic nitrogens is 2. The number of ether oxygens (including phenoxy) is 3. The molecule has 0 spiro atoms. The summed E-state index contributed by atoms with van der Waals surface area (Å²) in [5, 5.41) is 11.6. The van der Waals surface area contributed by atoms with E-state index in [1.54, 1.807) is 18.2 Å². The minimum Gasteiger partial charge on any atom is -0.484 e. The highest BCUT2D eigenvalue weighted by atomic mass is 16.7. The Kier molecular flexibility index (Phi) is 5.95. The van der Waals surface area contributed by atoms with Gasteiger partial charge in [-0.25, -0.2) is 0 Å². The molecule has 170 valence electrons. The zero-order valence-electron chi connectivity index (χ0n) is 18.4. The van der Waals surface area contributed by atoms with E-state index in [2.05, 4.69) is 32.4 Å². The zero-order chi connectivity index (χ0) is 22.6. The second kappa shape index (κ2) is 9.33. The quantitative estimate of drug-likeness (QED) is 0.617. The maximum atomic E-state index is 12.3. The van der Waals surface area contributed by atoms with Crippen LogP contribution in [0.4, 0.5) is 11.5 Å². The molecule has 33 heavy (non-hydrogen) atoms. The highest BCUT2D eigenvalue weighted by Crippen LogP contribution is 2.35. The number of carbonyl (C=O) groups excluding carboxylic acids is 1. The van der Waals surface area contributed by atoms with Crippen molar-refractivity contribution in [2.45, 2.75) is 0 Å². The Morgan fingerprint density at radius 2 is 1.76 bits per heavy atom. The molecule has 0 aliphatic carbocycles. The van der Waals surface area contributed by atoms with E-state index < -0.39 is 0 Å². The fourth-order valence-corrected chi connectivity index (χ4v) is 3.72. The Morgan fingerprint density at radius 1 is 0.970 bits per heavy atom. The molecule has 3 heterocycles. The lowest BCUT2D eigenvalue weighted by Crippen LogP contribution is -2.44. The molecule has 0 saturated carbocycles. The van der Waals surface area contributed by atoms with E-state index in [0.29, 0.717) is 22.9 Å². The third-order valence-electron chi connectivity index (χ3n) is 5.66. The van der Waals surface area contributed by atoms with Crippen LogP contribution >= 0.6 is 0 Å². The summed E-state index contributed by atoms with van der Waals surface area (Å²) in [5.74, 6) is 2.48. The average molecular weight is 447 g/mol. The molecule has 9 heteroatoms. The highest BCUT2D eigenvalue weighted by molar-refractivity contribution is 5.92. The van der Waals surface area contributed by atoms with Crippen molar-refractivity contribution < 1.29 is 19.0 Å². The number of fused-ring (bicyclic) bond motifs is 1. The first-order valence-corrected chi connectivity index (χ1v) is 10.8. The van der Waals surface area contributed by atoms with E-state index in [4.69, 9.17) is 14.2 Å². The fourth-order valence-electron chi connectivity index (χ4n) is 3.72. The molecular weight excluding hydrogens is 422 g/mol. The van der Waals surface area contributed by atoms with E-state index in [1.165, 1.54) is 0 Å². The summed E-state index contributed by atoms with van der Waals surface area (Å²) in [6.45, 7) is 4.05. The number of hydrogen-bond acceptors (Lipinski definition) is 8. The number of benzene rings is 2. The van der Waals surface area contributed by atoms with Crippen LogP contribution in [0.15, 0.2) is 54.6 Å². The van der Waals surface area contributed by atoms with Gasteiger partial charge in [0.25, 0.3) is 5.91 Å². The first kappa shape index (κ1) is 21.0. The van der Waals surface area contributed by atoms with Gasteiger partial charge in [0, 0.05) is 43.5 Å². The van der Waals surface area contributed by atoms with Gasteiger partial charge in [-0.3, -0.25) is 4.79 Å². The molecule has 2 aliphatic rings. The third kappa shape index (κ3) is 4.98. The number of likely N-dealkylation sites (N-methyl/N-ethyl adjacent to an activating group) is 1. The van der Waals surface area contributed by atoms with Crippen molar-refractivity contribution in [2.24, 2.45) is 0 Å². The molecule has 1 aromatic heterocycles. The number of hydrogen-bond donors (Lipinski definition) is 1. The number of carbonyl (C=O) groups is 1. The van der Waals surface area contributed by atoms with Crippen LogP contribution in [0.5, 0.6) is 17.2 Å². The van der Waals surface area contributed by atoms with Gasteiger partial charge in [-0.1, -0.05) is 12.1 Å². The highest BCUT2D eigenvalue weighted by Gasteiger charge is 2.16. The molecule has 1 N–H and O–H groups in total. The first-order chi connectivity index (χ1) is 16.1. The second-order valence-electron chi connectivity index (χ2n) is 8.00. The van der Waals surface area contributed by atoms with Gasteiger partial charge in [-0.15, -0.1) is 10.2 Å². The molecule has 2 aromatic carbocycles. The number of nitrogens with one attached hydrogen (secondary N) is 1. The van der Waals surface area contributed by atoms with Crippen LogP contribution < -0.4 is 24.4 Å². The maximum Gasteiger partial charge on any atom is 0.262 e. The standard InChI is InChI=1S/C24H25N5O4/c1-28-10-12-29(13-11-28)23-9-7-20(26-27-23)17-2-4-18(5-3-17)25-24(30)15-31-19-6-8-21-22(14-19)33-16-32-21/h2-9,14H,10-13,15-16H2,1H3,(H,25,30). The molecule has 1 saturated heterocycles. The van der Waals surface area contributed by atoms with Gasteiger partial charge in [0.1, 0.15) is 5.75 Å². The molecular formula is C24H25N5O4. The zero-order valence-corrected chi connectivity index (χ0v) is 18.4. The predicted molar refractivity (Wildman–Crippen MR) is 124 cm³/mol. The summed E-state index contributed by atoms with van der Waals surface area (Å²) < 4.78 is 16.1. The number of piperazine rings is 1. The van der Waals surface area contributed by atoms with E-state index in [0.717, 1.165) is 43.3 Å². The van der Waals surface area contributed by atoms with Crippen LogP contribution in [0.25, 0.3) is 11.3 Å². The van der Waals surface area contributed by atoms with Gasteiger partial charge in [-0.05, 0) is 43.4 Å². The largest absolute Gasteiger partial charge is 0.484 e. The lowest BCUT2D eigenvalue weighted by Gasteiger charge is -2.32. The number of nitrogens with zero attached hydrogens (tertiary/aromatic N) is 4. The van der Waals surface area contributed by atoms with Gasteiger partial charge >= 0.3 is 0 Å². The second-order valence-corrected chi connectivity index (χ2v) is 8.00. The van der Waals surface area contributed by atoms with Crippen molar-refractivity contribution in [3.05, 3.63) is 54.6 Å². The molecule has 0 atom stereocenters. The summed E-state index contributed by atoms with van der Waals surface area (Å²) in [7, 11) is 2.13. The minimum absolute atomic E-state index is 0.110. The van der Waals surface area contributed by atoms with E-state index >= 15 is 0 Å². The molecule has 0 radical (unpaired) electrons. The van der Waals surface area contributed by atoms with Gasteiger partial charge in [0.15, 0.2) is 23.9 Å².